The smallest absolute Gasteiger partial charge is 0.267 e. The molecule has 1 amide bonds. The summed E-state index contributed by atoms with van der Waals surface area (Å²) >= 11 is 0. The summed E-state index contributed by atoms with van der Waals surface area (Å²) in [7, 11) is 0. The van der Waals surface area contributed by atoms with Crippen molar-refractivity contribution in [1.82, 2.24) is 15.1 Å². The van der Waals surface area contributed by atoms with Gasteiger partial charge in [-0.3, -0.25) is 9.59 Å². The summed E-state index contributed by atoms with van der Waals surface area (Å²) in [5.41, 5.74) is 0.586. The average molecular weight is 319 g/mol. The highest BCUT2D eigenvalue weighted by Gasteiger charge is 2.57. The van der Waals surface area contributed by atoms with Gasteiger partial charge in [0.15, 0.2) is 0 Å². The number of hydrogen-bond donors (Lipinski definition) is 1. The maximum atomic E-state index is 12.3. The lowest BCUT2D eigenvalue weighted by Gasteiger charge is -2.54. The molecule has 1 spiro atoms. The summed E-state index contributed by atoms with van der Waals surface area (Å²) in [5, 5.41) is 7.23. The van der Waals surface area contributed by atoms with Crippen LogP contribution in [0.4, 0.5) is 0 Å². The molecular formula is C17H25N3O3. The topological polar surface area (TPSA) is 73.2 Å². The largest absolute Gasteiger partial charge is 0.378 e. The summed E-state index contributed by atoms with van der Waals surface area (Å²) in [6.07, 6.45) is 5.77. The van der Waals surface area contributed by atoms with Crippen LogP contribution in [0.15, 0.2) is 16.9 Å². The molecule has 6 nitrogen and oxygen atoms in total. The number of rotatable bonds is 5. The molecule has 0 saturated heterocycles. The summed E-state index contributed by atoms with van der Waals surface area (Å²) in [5.74, 6) is -0.142. The highest BCUT2D eigenvalue weighted by Crippen LogP contribution is 2.54. The van der Waals surface area contributed by atoms with E-state index in [9.17, 15) is 9.59 Å². The van der Waals surface area contributed by atoms with E-state index in [1.54, 1.807) is 13.0 Å². The Morgan fingerprint density at radius 1 is 1.43 bits per heavy atom. The fraction of sp³-hybridized carbons (Fsp3) is 0.706. The predicted molar refractivity (Wildman–Crippen MR) is 86.1 cm³/mol. The molecule has 2 aliphatic rings. The molecule has 0 radical (unpaired) electrons. The van der Waals surface area contributed by atoms with Gasteiger partial charge in [-0.2, -0.15) is 5.10 Å². The molecule has 0 unspecified atom stereocenters. The Kier molecular flexibility index (Phi) is 4.53. The van der Waals surface area contributed by atoms with E-state index in [0.29, 0.717) is 0 Å². The molecule has 1 aromatic heterocycles. The molecule has 0 aliphatic heterocycles. The lowest BCUT2D eigenvalue weighted by Crippen LogP contribution is -2.64. The standard InChI is InChI=1S/C17H25N3O3/c1-3-23-14-10-13(17(14)8-4-5-9-17)18-15(21)11-20-16(22)7-6-12(2)19-20/h6-7,13-14H,3-5,8-11H2,1-2H3,(H,18,21)/t13-,14+/m0/s1. The van der Waals surface area contributed by atoms with E-state index in [4.69, 9.17) is 4.74 Å². The van der Waals surface area contributed by atoms with Crippen LogP contribution in [0, 0.1) is 12.3 Å². The van der Waals surface area contributed by atoms with Crippen LogP contribution in [-0.2, 0) is 16.1 Å². The highest BCUT2D eigenvalue weighted by atomic mass is 16.5. The molecule has 6 heteroatoms. The number of ether oxygens (including phenoxy) is 1. The second-order valence-corrected chi connectivity index (χ2v) is 6.71. The molecule has 2 saturated carbocycles. The number of aryl methyl sites for hydroxylation is 1. The second-order valence-electron chi connectivity index (χ2n) is 6.71. The Morgan fingerprint density at radius 2 is 2.17 bits per heavy atom. The van der Waals surface area contributed by atoms with Crippen LogP contribution >= 0.6 is 0 Å². The molecule has 1 aromatic rings. The molecule has 1 heterocycles. The number of nitrogens with zero attached hydrogens (tertiary/aromatic N) is 2. The van der Waals surface area contributed by atoms with Gasteiger partial charge in [0.25, 0.3) is 5.56 Å². The van der Waals surface area contributed by atoms with Gasteiger partial charge in [-0.25, -0.2) is 4.68 Å². The Labute approximate surface area is 136 Å². The van der Waals surface area contributed by atoms with Crippen LogP contribution in [0.3, 0.4) is 0 Å². The first-order valence-corrected chi connectivity index (χ1v) is 8.51. The van der Waals surface area contributed by atoms with Gasteiger partial charge >= 0.3 is 0 Å². The van der Waals surface area contributed by atoms with E-state index in [-0.39, 0.29) is 35.6 Å². The molecule has 23 heavy (non-hydrogen) atoms. The number of carbonyl (C=O) groups excluding carboxylic acids is 1. The van der Waals surface area contributed by atoms with Gasteiger partial charge in [0.05, 0.1) is 11.8 Å². The summed E-state index contributed by atoms with van der Waals surface area (Å²) in [4.78, 5) is 24.1. The van der Waals surface area contributed by atoms with Crippen LogP contribution in [0.25, 0.3) is 0 Å². The lowest BCUT2D eigenvalue weighted by atomic mass is 9.60. The van der Waals surface area contributed by atoms with Crippen molar-refractivity contribution in [2.75, 3.05) is 6.61 Å². The van der Waals surface area contributed by atoms with Crippen LogP contribution < -0.4 is 10.9 Å². The van der Waals surface area contributed by atoms with Crippen molar-refractivity contribution in [2.24, 2.45) is 5.41 Å². The molecule has 0 aromatic carbocycles. The van der Waals surface area contributed by atoms with Crippen LogP contribution in [0.1, 0.15) is 44.7 Å². The fourth-order valence-electron chi connectivity index (χ4n) is 4.13. The molecule has 1 N–H and O–H groups in total. The van der Waals surface area contributed by atoms with Gasteiger partial charge in [-0.15, -0.1) is 0 Å². The van der Waals surface area contributed by atoms with Crippen LogP contribution in [0.2, 0.25) is 0 Å². The van der Waals surface area contributed by atoms with Crippen molar-refractivity contribution >= 4 is 5.91 Å². The van der Waals surface area contributed by atoms with Crippen LogP contribution in [0.5, 0.6) is 0 Å². The van der Waals surface area contributed by atoms with Crippen molar-refractivity contribution in [3.8, 4) is 0 Å². The highest BCUT2D eigenvalue weighted by molar-refractivity contribution is 5.76. The van der Waals surface area contributed by atoms with Gasteiger partial charge in [0, 0.05) is 24.1 Å². The minimum atomic E-state index is -0.248. The maximum absolute atomic E-state index is 12.3. The SMILES string of the molecule is CCO[C@@H]1C[C@H](NC(=O)Cn2nc(C)ccc2=O)C12CCCC2. The number of amides is 1. The Bertz CT molecular complexity index is 634. The van der Waals surface area contributed by atoms with E-state index in [1.807, 2.05) is 6.92 Å². The van der Waals surface area contributed by atoms with E-state index in [1.165, 1.54) is 23.6 Å². The zero-order valence-electron chi connectivity index (χ0n) is 13.9. The maximum Gasteiger partial charge on any atom is 0.267 e. The first kappa shape index (κ1) is 16.2. The minimum absolute atomic E-state index is 0.0214. The zero-order valence-corrected chi connectivity index (χ0v) is 13.9. The van der Waals surface area contributed by atoms with Crippen LogP contribution in [-0.4, -0.2) is 34.4 Å². The quantitative estimate of drug-likeness (QED) is 0.890. The van der Waals surface area contributed by atoms with Gasteiger partial charge < -0.3 is 10.1 Å². The number of aromatic nitrogens is 2. The van der Waals surface area contributed by atoms with Crippen molar-refractivity contribution in [3.63, 3.8) is 0 Å². The Morgan fingerprint density at radius 3 is 2.87 bits per heavy atom. The van der Waals surface area contributed by atoms with E-state index >= 15 is 0 Å². The molecule has 2 aliphatic carbocycles. The summed E-state index contributed by atoms with van der Waals surface area (Å²) in [6.45, 7) is 4.52. The molecule has 3 rings (SSSR count). The third-order valence-electron chi connectivity index (χ3n) is 5.32. The van der Waals surface area contributed by atoms with Gasteiger partial charge in [0.1, 0.15) is 6.54 Å². The molecule has 2 fully saturated rings. The van der Waals surface area contributed by atoms with Crippen molar-refractivity contribution in [3.05, 3.63) is 28.2 Å². The molecule has 0 bridgehead atoms. The van der Waals surface area contributed by atoms with Crippen molar-refractivity contribution in [1.29, 1.82) is 0 Å². The summed E-state index contributed by atoms with van der Waals surface area (Å²) in [6, 6.07) is 3.26. The molecule has 126 valence electrons. The van der Waals surface area contributed by atoms with Crippen molar-refractivity contribution < 1.29 is 9.53 Å². The zero-order chi connectivity index (χ0) is 16.4. The second kappa shape index (κ2) is 6.43. The monoisotopic (exact) mass is 319 g/mol. The third kappa shape index (κ3) is 3.04. The predicted octanol–water partition coefficient (Wildman–Crippen LogP) is 1.41. The van der Waals surface area contributed by atoms with E-state index < -0.39 is 0 Å². The molecule has 2 atom stereocenters. The van der Waals surface area contributed by atoms with E-state index in [2.05, 4.69) is 10.4 Å². The van der Waals surface area contributed by atoms with Gasteiger partial charge in [-0.05, 0) is 39.2 Å². The van der Waals surface area contributed by atoms with Gasteiger partial charge in [0.2, 0.25) is 5.91 Å². The lowest BCUT2D eigenvalue weighted by molar-refractivity contribution is -0.144. The minimum Gasteiger partial charge on any atom is -0.378 e. The normalized spacial score (nSPS) is 25.3. The molecular weight excluding hydrogens is 294 g/mol. The summed E-state index contributed by atoms with van der Waals surface area (Å²) < 4.78 is 7.09. The van der Waals surface area contributed by atoms with E-state index in [0.717, 1.165) is 31.6 Å². The first-order valence-electron chi connectivity index (χ1n) is 8.51. The fourth-order valence-corrected chi connectivity index (χ4v) is 4.13. The Balaban J connectivity index is 1.64. The van der Waals surface area contributed by atoms with Crippen molar-refractivity contribution in [2.45, 2.75) is 64.6 Å². The number of carbonyl (C=O) groups is 1. The first-order chi connectivity index (χ1) is 11.0. The number of hydrogen-bond acceptors (Lipinski definition) is 4. The van der Waals surface area contributed by atoms with Gasteiger partial charge in [-0.1, -0.05) is 12.8 Å². The Hall–Kier alpha value is -1.69. The third-order valence-corrected chi connectivity index (χ3v) is 5.32. The average Bonchev–Trinajstić information content (AvgIpc) is 3.03. The number of nitrogens with one attached hydrogen (secondary N) is 1.